The number of rotatable bonds is 4. The van der Waals surface area contributed by atoms with Gasteiger partial charge in [0.1, 0.15) is 17.9 Å². The average Bonchev–Trinajstić information content (AvgIpc) is 3.27. The van der Waals surface area contributed by atoms with Crippen molar-refractivity contribution < 1.29 is 9.59 Å². The zero-order valence-corrected chi connectivity index (χ0v) is 16.5. The molecule has 0 aliphatic heterocycles. The van der Waals surface area contributed by atoms with Crippen molar-refractivity contribution in [2.45, 2.75) is 6.92 Å². The Balaban J connectivity index is 0.000000755. The van der Waals surface area contributed by atoms with Crippen molar-refractivity contribution in [2.75, 3.05) is 26.4 Å². The molecule has 0 aliphatic carbocycles. The molecule has 150 valence electrons. The highest BCUT2D eigenvalue weighted by Gasteiger charge is 2.14. The standard InChI is InChI=1S/C18H16N6O2.C2H7N/c1-9-21-16-12(8-15(19)24-17(16)22-9)14-7-11-6-10(2-3-13(11)23-14)18(26)20-4-5-25;1-3-2/h2-3,5-8,23H,4H2,1H3,(H,20,26)(H3,19,21,22,24);3H,1-2H3. The van der Waals surface area contributed by atoms with Crippen LogP contribution in [0.15, 0.2) is 30.3 Å². The predicted molar refractivity (Wildman–Crippen MR) is 114 cm³/mol. The van der Waals surface area contributed by atoms with Crippen LogP contribution in [0.1, 0.15) is 16.2 Å². The fourth-order valence-corrected chi connectivity index (χ4v) is 2.99. The fourth-order valence-electron chi connectivity index (χ4n) is 2.99. The molecule has 0 aliphatic rings. The highest BCUT2D eigenvalue weighted by Crippen LogP contribution is 2.30. The Morgan fingerprint density at radius 1 is 1.17 bits per heavy atom. The predicted octanol–water partition coefficient (Wildman–Crippen LogP) is 1.76. The van der Waals surface area contributed by atoms with Crippen LogP contribution in [0.4, 0.5) is 5.82 Å². The Bertz CT molecular complexity index is 1180. The first-order valence-corrected chi connectivity index (χ1v) is 9.03. The summed E-state index contributed by atoms with van der Waals surface area (Å²) >= 11 is 0. The van der Waals surface area contributed by atoms with Crippen LogP contribution in [0.2, 0.25) is 0 Å². The number of imidazole rings is 1. The number of aromatic amines is 2. The molecule has 0 saturated carbocycles. The molecule has 4 aromatic rings. The van der Waals surface area contributed by atoms with Crippen LogP contribution in [0.5, 0.6) is 0 Å². The molecule has 0 unspecified atom stereocenters. The smallest absolute Gasteiger partial charge is 0.251 e. The second kappa shape index (κ2) is 8.53. The molecule has 1 aromatic carbocycles. The number of aryl methyl sites for hydroxylation is 1. The number of aldehydes is 1. The molecule has 3 aromatic heterocycles. The molecule has 9 heteroatoms. The molecule has 0 atom stereocenters. The number of hydrogen-bond acceptors (Lipinski definition) is 6. The molecule has 3 heterocycles. The number of carbonyl (C=O) groups is 2. The lowest BCUT2D eigenvalue weighted by Crippen LogP contribution is -2.24. The minimum absolute atomic E-state index is 0.0112. The fraction of sp³-hybridized carbons (Fsp3) is 0.200. The Morgan fingerprint density at radius 2 is 1.93 bits per heavy atom. The highest BCUT2D eigenvalue weighted by molar-refractivity contribution is 6.00. The van der Waals surface area contributed by atoms with E-state index in [2.05, 4.69) is 30.6 Å². The maximum Gasteiger partial charge on any atom is 0.251 e. The van der Waals surface area contributed by atoms with E-state index in [0.717, 1.165) is 33.5 Å². The van der Waals surface area contributed by atoms with Crippen LogP contribution in [0.25, 0.3) is 33.3 Å². The molecule has 4 rings (SSSR count). The van der Waals surface area contributed by atoms with Gasteiger partial charge in [-0.3, -0.25) is 4.79 Å². The summed E-state index contributed by atoms with van der Waals surface area (Å²) in [6, 6.07) is 9.03. The summed E-state index contributed by atoms with van der Waals surface area (Å²) in [5.41, 5.74) is 10.3. The van der Waals surface area contributed by atoms with Crippen molar-refractivity contribution in [2.24, 2.45) is 0 Å². The van der Waals surface area contributed by atoms with E-state index in [9.17, 15) is 9.59 Å². The van der Waals surface area contributed by atoms with Gasteiger partial charge in [0.25, 0.3) is 5.91 Å². The van der Waals surface area contributed by atoms with Gasteiger partial charge in [0.2, 0.25) is 0 Å². The minimum atomic E-state index is -0.290. The molecule has 6 N–H and O–H groups in total. The molecule has 29 heavy (non-hydrogen) atoms. The number of nitrogens with one attached hydrogen (secondary N) is 4. The summed E-state index contributed by atoms with van der Waals surface area (Å²) in [6.45, 7) is 1.85. The van der Waals surface area contributed by atoms with Crippen LogP contribution >= 0.6 is 0 Å². The van der Waals surface area contributed by atoms with Crippen LogP contribution in [-0.4, -0.2) is 52.8 Å². The van der Waals surface area contributed by atoms with Crippen LogP contribution in [0, 0.1) is 6.92 Å². The van der Waals surface area contributed by atoms with Crippen molar-refractivity contribution in [3.05, 3.63) is 41.7 Å². The first-order chi connectivity index (χ1) is 14.0. The van der Waals surface area contributed by atoms with Gasteiger partial charge in [-0.25, -0.2) is 9.97 Å². The lowest BCUT2D eigenvalue weighted by atomic mass is 10.1. The number of nitrogens with zero attached hydrogens (tertiary/aromatic N) is 2. The Morgan fingerprint density at radius 3 is 2.66 bits per heavy atom. The molecule has 9 nitrogen and oxygen atoms in total. The summed E-state index contributed by atoms with van der Waals surface area (Å²) in [6.07, 6.45) is 0.649. The second-order valence-electron chi connectivity index (χ2n) is 6.48. The van der Waals surface area contributed by atoms with E-state index >= 15 is 0 Å². The molecular weight excluding hydrogens is 370 g/mol. The first-order valence-electron chi connectivity index (χ1n) is 9.03. The number of amides is 1. The maximum atomic E-state index is 12.0. The molecule has 0 radical (unpaired) electrons. The number of H-pyrrole nitrogens is 2. The number of nitrogens with two attached hydrogens (primary N) is 1. The molecule has 0 fully saturated rings. The molecular formula is C20H23N7O2. The van der Waals surface area contributed by atoms with Crippen molar-refractivity contribution in [1.82, 2.24) is 30.6 Å². The third-order valence-electron chi connectivity index (χ3n) is 4.12. The lowest BCUT2D eigenvalue weighted by Gasteiger charge is -2.01. The Labute approximate surface area is 167 Å². The number of nitrogen functional groups attached to an aromatic ring is 1. The van der Waals surface area contributed by atoms with Crippen molar-refractivity contribution in [3.8, 4) is 11.3 Å². The number of pyridine rings is 1. The van der Waals surface area contributed by atoms with Gasteiger partial charge in [0, 0.05) is 27.7 Å². The summed E-state index contributed by atoms with van der Waals surface area (Å²) < 4.78 is 0. The van der Waals surface area contributed by atoms with Gasteiger partial charge in [-0.2, -0.15) is 0 Å². The number of aromatic nitrogens is 4. The number of hydrogen-bond donors (Lipinski definition) is 5. The summed E-state index contributed by atoms with van der Waals surface area (Å²) in [4.78, 5) is 37.5. The third-order valence-corrected chi connectivity index (χ3v) is 4.12. The van der Waals surface area contributed by atoms with Gasteiger partial charge < -0.3 is 31.1 Å². The van der Waals surface area contributed by atoms with Crippen LogP contribution in [-0.2, 0) is 4.79 Å². The summed E-state index contributed by atoms with van der Waals surface area (Å²) in [5, 5.41) is 6.15. The molecule has 1 amide bonds. The van der Waals surface area contributed by atoms with Gasteiger partial charge >= 0.3 is 0 Å². The van der Waals surface area contributed by atoms with Gasteiger partial charge in [-0.05, 0) is 51.4 Å². The van der Waals surface area contributed by atoms with E-state index in [4.69, 9.17) is 5.73 Å². The maximum absolute atomic E-state index is 12.0. The summed E-state index contributed by atoms with van der Waals surface area (Å²) in [7, 11) is 3.75. The van der Waals surface area contributed by atoms with Crippen molar-refractivity contribution in [3.63, 3.8) is 0 Å². The van der Waals surface area contributed by atoms with Gasteiger partial charge in [-0.15, -0.1) is 0 Å². The molecule has 0 bridgehead atoms. The van der Waals surface area contributed by atoms with Gasteiger partial charge in [0.05, 0.1) is 12.1 Å². The Hall–Kier alpha value is -3.72. The molecule has 0 saturated heterocycles. The minimum Gasteiger partial charge on any atom is -0.384 e. The number of benzene rings is 1. The normalized spacial score (nSPS) is 10.6. The largest absolute Gasteiger partial charge is 0.384 e. The van der Waals surface area contributed by atoms with Gasteiger partial charge in [-0.1, -0.05) is 0 Å². The zero-order valence-electron chi connectivity index (χ0n) is 16.5. The van der Waals surface area contributed by atoms with Crippen LogP contribution < -0.4 is 16.4 Å². The lowest BCUT2D eigenvalue weighted by molar-refractivity contribution is -0.107. The van der Waals surface area contributed by atoms with E-state index in [0.29, 0.717) is 23.3 Å². The van der Waals surface area contributed by atoms with E-state index in [1.807, 2.05) is 33.2 Å². The number of anilines is 1. The third kappa shape index (κ3) is 4.25. The van der Waals surface area contributed by atoms with E-state index in [-0.39, 0.29) is 12.5 Å². The first kappa shape index (κ1) is 20.0. The van der Waals surface area contributed by atoms with Crippen LogP contribution in [0.3, 0.4) is 0 Å². The molecule has 0 spiro atoms. The topological polar surface area (TPSA) is 142 Å². The van der Waals surface area contributed by atoms with Crippen molar-refractivity contribution >= 4 is 40.1 Å². The van der Waals surface area contributed by atoms with Gasteiger partial charge in [0.15, 0.2) is 5.65 Å². The zero-order chi connectivity index (χ0) is 21.0. The second-order valence-corrected chi connectivity index (χ2v) is 6.48. The summed E-state index contributed by atoms with van der Waals surface area (Å²) in [5.74, 6) is 0.845. The average molecular weight is 393 g/mol. The quantitative estimate of drug-likeness (QED) is 0.335. The van der Waals surface area contributed by atoms with E-state index < -0.39 is 0 Å². The van der Waals surface area contributed by atoms with E-state index in [1.165, 1.54) is 0 Å². The number of fused-ring (bicyclic) bond motifs is 2. The Kier molecular flexibility index (Phi) is 5.89. The number of carbonyl (C=O) groups excluding carboxylic acids is 2. The highest BCUT2D eigenvalue weighted by atomic mass is 16.2. The van der Waals surface area contributed by atoms with Crippen molar-refractivity contribution in [1.29, 1.82) is 0 Å². The SMILES string of the molecule is CNC.Cc1nc2nc(N)cc(-c3cc4cc(C(=O)NCC=O)ccc4[nH]3)c2[nH]1. The monoisotopic (exact) mass is 393 g/mol. The van der Waals surface area contributed by atoms with E-state index in [1.54, 1.807) is 18.2 Å².